The SMILES string of the molecule is Cc1ncccc1C(=O)NC(C(N)=O)c1ccc(F)cc1. The summed E-state index contributed by atoms with van der Waals surface area (Å²) in [5.74, 6) is -1.62. The number of nitrogens with one attached hydrogen (secondary N) is 1. The van der Waals surface area contributed by atoms with Gasteiger partial charge in [0.15, 0.2) is 0 Å². The molecule has 1 heterocycles. The molecule has 0 aliphatic rings. The van der Waals surface area contributed by atoms with Crippen molar-refractivity contribution in [2.45, 2.75) is 13.0 Å². The van der Waals surface area contributed by atoms with Crippen molar-refractivity contribution in [1.82, 2.24) is 10.3 Å². The molecule has 0 aliphatic heterocycles. The zero-order valence-corrected chi connectivity index (χ0v) is 11.3. The van der Waals surface area contributed by atoms with Gasteiger partial charge in [-0.25, -0.2) is 4.39 Å². The minimum atomic E-state index is -1.03. The van der Waals surface area contributed by atoms with Crippen LogP contribution in [0, 0.1) is 12.7 Å². The van der Waals surface area contributed by atoms with Gasteiger partial charge in [0.25, 0.3) is 5.91 Å². The quantitative estimate of drug-likeness (QED) is 0.893. The smallest absolute Gasteiger partial charge is 0.254 e. The standard InChI is InChI=1S/C15H14FN3O2/c1-9-12(3-2-8-18-9)15(21)19-13(14(17)20)10-4-6-11(16)7-5-10/h2-8,13H,1H3,(H2,17,20)(H,19,21). The fraction of sp³-hybridized carbons (Fsp3) is 0.133. The molecular weight excluding hydrogens is 273 g/mol. The second kappa shape index (κ2) is 6.13. The number of nitrogens with two attached hydrogens (primary N) is 1. The van der Waals surface area contributed by atoms with E-state index in [-0.39, 0.29) is 0 Å². The van der Waals surface area contributed by atoms with E-state index in [2.05, 4.69) is 10.3 Å². The number of pyridine rings is 1. The Morgan fingerprint density at radius 1 is 1.24 bits per heavy atom. The number of primary amides is 1. The van der Waals surface area contributed by atoms with Crippen LogP contribution < -0.4 is 11.1 Å². The Bertz CT molecular complexity index is 671. The first-order chi connectivity index (χ1) is 9.99. The number of carbonyl (C=O) groups excluding carboxylic acids is 2. The van der Waals surface area contributed by atoms with Crippen molar-refractivity contribution in [3.63, 3.8) is 0 Å². The van der Waals surface area contributed by atoms with Crippen LogP contribution in [-0.2, 0) is 4.79 Å². The lowest BCUT2D eigenvalue weighted by Crippen LogP contribution is -2.37. The summed E-state index contributed by atoms with van der Waals surface area (Å²) in [5.41, 5.74) is 6.62. The predicted octanol–water partition coefficient (Wildman–Crippen LogP) is 1.49. The number of nitrogens with zero attached hydrogens (tertiary/aromatic N) is 1. The summed E-state index contributed by atoms with van der Waals surface area (Å²) >= 11 is 0. The lowest BCUT2D eigenvalue weighted by atomic mass is 10.1. The topological polar surface area (TPSA) is 85.1 Å². The normalized spacial score (nSPS) is 11.7. The monoisotopic (exact) mass is 287 g/mol. The van der Waals surface area contributed by atoms with Gasteiger partial charge >= 0.3 is 0 Å². The Labute approximate surface area is 121 Å². The first-order valence-electron chi connectivity index (χ1n) is 6.26. The average Bonchev–Trinajstić information content (AvgIpc) is 2.46. The van der Waals surface area contributed by atoms with Gasteiger partial charge < -0.3 is 11.1 Å². The lowest BCUT2D eigenvalue weighted by molar-refractivity contribution is -0.120. The predicted molar refractivity (Wildman–Crippen MR) is 74.8 cm³/mol. The summed E-state index contributed by atoms with van der Waals surface area (Å²) in [6.45, 7) is 1.69. The molecule has 5 nitrogen and oxygen atoms in total. The van der Waals surface area contributed by atoms with Gasteiger partial charge in [-0.05, 0) is 36.8 Å². The summed E-state index contributed by atoms with van der Waals surface area (Å²) in [5, 5.41) is 2.53. The maximum absolute atomic E-state index is 12.9. The molecule has 21 heavy (non-hydrogen) atoms. The van der Waals surface area contributed by atoms with Crippen LogP contribution >= 0.6 is 0 Å². The van der Waals surface area contributed by atoms with Gasteiger partial charge in [0, 0.05) is 11.9 Å². The molecule has 0 bridgehead atoms. The number of benzene rings is 1. The first kappa shape index (κ1) is 14.6. The minimum Gasteiger partial charge on any atom is -0.368 e. The zero-order valence-electron chi connectivity index (χ0n) is 11.3. The molecule has 0 aliphatic carbocycles. The molecule has 3 N–H and O–H groups in total. The lowest BCUT2D eigenvalue weighted by Gasteiger charge is -2.16. The Kier molecular flexibility index (Phi) is 4.27. The van der Waals surface area contributed by atoms with Crippen molar-refractivity contribution in [3.05, 3.63) is 65.2 Å². The first-order valence-corrected chi connectivity index (χ1v) is 6.26. The molecule has 2 amide bonds. The molecule has 6 heteroatoms. The molecule has 108 valence electrons. The van der Waals surface area contributed by atoms with Gasteiger partial charge in [0.1, 0.15) is 11.9 Å². The second-order valence-corrected chi connectivity index (χ2v) is 4.50. The number of rotatable bonds is 4. The molecule has 0 radical (unpaired) electrons. The highest BCUT2D eigenvalue weighted by molar-refractivity contribution is 5.98. The van der Waals surface area contributed by atoms with Crippen LogP contribution in [0.25, 0.3) is 0 Å². The summed E-state index contributed by atoms with van der Waals surface area (Å²) < 4.78 is 12.9. The maximum atomic E-state index is 12.9. The minimum absolute atomic E-state index is 0.353. The third-order valence-electron chi connectivity index (χ3n) is 3.01. The molecule has 1 unspecified atom stereocenters. The molecule has 1 atom stereocenters. The van der Waals surface area contributed by atoms with Crippen LogP contribution in [0.4, 0.5) is 4.39 Å². The van der Waals surface area contributed by atoms with Gasteiger partial charge in [-0.15, -0.1) is 0 Å². The van der Waals surface area contributed by atoms with Crippen LogP contribution in [-0.4, -0.2) is 16.8 Å². The number of aromatic nitrogens is 1. The van der Waals surface area contributed by atoms with Gasteiger partial charge in [0.05, 0.1) is 5.56 Å². The van der Waals surface area contributed by atoms with Crippen molar-refractivity contribution in [2.24, 2.45) is 5.73 Å². The Morgan fingerprint density at radius 2 is 1.90 bits per heavy atom. The van der Waals surface area contributed by atoms with Crippen molar-refractivity contribution >= 4 is 11.8 Å². The number of hydrogen-bond acceptors (Lipinski definition) is 3. The van der Waals surface area contributed by atoms with Crippen LogP contribution in [0.15, 0.2) is 42.6 Å². The van der Waals surface area contributed by atoms with Crippen LogP contribution in [0.2, 0.25) is 0 Å². The van der Waals surface area contributed by atoms with E-state index in [1.54, 1.807) is 25.3 Å². The van der Waals surface area contributed by atoms with E-state index in [1.165, 1.54) is 24.3 Å². The highest BCUT2D eigenvalue weighted by Gasteiger charge is 2.21. The molecule has 0 saturated heterocycles. The van der Waals surface area contributed by atoms with E-state index in [9.17, 15) is 14.0 Å². The number of halogens is 1. The molecule has 0 saturated carbocycles. The highest BCUT2D eigenvalue weighted by Crippen LogP contribution is 2.15. The number of amides is 2. The summed E-state index contributed by atoms with van der Waals surface area (Å²) in [4.78, 5) is 27.7. The fourth-order valence-corrected chi connectivity index (χ4v) is 1.91. The second-order valence-electron chi connectivity index (χ2n) is 4.50. The molecular formula is C15H14FN3O2. The molecule has 0 fully saturated rings. The molecule has 2 aromatic rings. The fourth-order valence-electron chi connectivity index (χ4n) is 1.91. The Hall–Kier alpha value is -2.76. The van der Waals surface area contributed by atoms with Crippen LogP contribution in [0.3, 0.4) is 0 Å². The van der Waals surface area contributed by atoms with E-state index in [0.717, 1.165) is 0 Å². The van der Waals surface area contributed by atoms with Gasteiger partial charge in [0.2, 0.25) is 5.91 Å². The molecule has 1 aromatic carbocycles. The average molecular weight is 287 g/mol. The van der Waals surface area contributed by atoms with Gasteiger partial charge in [-0.3, -0.25) is 14.6 Å². The number of aryl methyl sites for hydroxylation is 1. The van der Waals surface area contributed by atoms with Crippen molar-refractivity contribution < 1.29 is 14.0 Å². The summed E-state index contributed by atoms with van der Waals surface area (Å²) in [6, 6.07) is 7.40. The number of carbonyl (C=O) groups is 2. The van der Waals surface area contributed by atoms with E-state index >= 15 is 0 Å². The molecule has 0 spiro atoms. The summed E-state index contributed by atoms with van der Waals surface area (Å²) in [7, 11) is 0. The Morgan fingerprint density at radius 3 is 2.48 bits per heavy atom. The summed E-state index contributed by atoms with van der Waals surface area (Å²) in [6.07, 6.45) is 1.57. The zero-order chi connectivity index (χ0) is 15.4. The molecule has 1 aromatic heterocycles. The number of hydrogen-bond donors (Lipinski definition) is 2. The highest BCUT2D eigenvalue weighted by atomic mass is 19.1. The largest absolute Gasteiger partial charge is 0.368 e. The van der Waals surface area contributed by atoms with Gasteiger partial charge in [-0.2, -0.15) is 0 Å². The maximum Gasteiger partial charge on any atom is 0.254 e. The van der Waals surface area contributed by atoms with Crippen LogP contribution in [0.5, 0.6) is 0 Å². The van der Waals surface area contributed by atoms with Gasteiger partial charge in [-0.1, -0.05) is 12.1 Å². The Balaban J connectivity index is 2.25. The third-order valence-corrected chi connectivity index (χ3v) is 3.01. The van der Waals surface area contributed by atoms with Crippen LogP contribution in [0.1, 0.15) is 27.7 Å². The van der Waals surface area contributed by atoms with Crippen molar-refractivity contribution in [3.8, 4) is 0 Å². The molecule has 2 rings (SSSR count). The van der Waals surface area contributed by atoms with Crippen molar-refractivity contribution in [1.29, 1.82) is 0 Å². The van der Waals surface area contributed by atoms with E-state index in [0.29, 0.717) is 16.8 Å². The van der Waals surface area contributed by atoms with E-state index < -0.39 is 23.7 Å². The van der Waals surface area contributed by atoms with Crippen molar-refractivity contribution in [2.75, 3.05) is 0 Å². The third kappa shape index (κ3) is 3.42. The van der Waals surface area contributed by atoms with E-state index in [4.69, 9.17) is 5.73 Å². The van der Waals surface area contributed by atoms with E-state index in [1.807, 2.05) is 0 Å².